The molecule has 1 unspecified atom stereocenters. The highest BCUT2D eigenvalue weighted by atomic mass is 16.2. The molecule has 2 rings (SSSR count). The molecule has 1 amide bonds. The summed E-state index contributed by atoms with van der Waals surface area (Å²) in [6, 6.07) is 9.97. The van der Waals surface area contributed by atoms with Gasteiger partial charge in [0.15, 0.2) is 0 Å². The Morgan fingerprint density at radius 1 is 1.40 bits per heavy atom. The monoisotopic (exact) mass is 271 g/mol. The second-order valence-corrected chi connectivity index (χ2v) is 4.99. The minimum atomic E-state index is -0.176. The molecule has 1 aromatic carbocycles. The van der Waals surface area contributed by atoms with Crippen molar-refractivity contribution in [3.05, 3.63) is 42.1 Å². The Balaban J connectivity index is 2.00. The fraction of sp³-hybridized carbons (Fsp3) is 0.375. The van der Waals surface area contributed by atoms with Gasteiger partial charge < -0.3 is 10.2 Å². The number of hydrogen-bond donors (Lipinski definition) is 1. The van der Waals surface area contributed by atoms with Crippen molar-refractivity contribution in [2.24, 2.45) is 0 Å². The third kappa shape index (κ3) is 3.33. The van der Waals surface area contributed by atoms with Crippen LogP contribution in [0.15, 0.2) is 36.5 Å². The van der Waals surface area contributed by atoms with Crippen molar-refractivity contribution in [1.29, 1.82) is 0 Å². The number of rotatable bonds is 5. The van der Waals surface area contributed by atoms with Crippen LogP contribution in [0.2, 0.25) is 0 Å². The SMILES string of the molecule is CCN(C)C(=O)C(C)NCc1ccc2ncccc2c1. The maximum absolute atomic E-state index is 12.0. The zero-order valence-corrected chi connectivity index (χ0v) is 12.3. The second kappa shape index (κ2) is 6.48. The lowest BCUT2D eigenvalue weighted by Crippen LogP contribution is -2.42. The Labute approximate surface area is 119 Å². The van der Waals surface area contributed by atoms with Crippen LogP contribution < -0.4 is 5.32 Å². The van der Waals surface area contributed by atoms with E-state index in [9.17, 15) is 4.79 Å². The number of fused-ring (bicyclic) bond motifs is 1. The van der Waals surface area contributed by atoms with E-state index in [0.717, 1.165) is 23.0 Å². The van der Waals surface area contributed by atoms with E-state index in [0.29, 0.717) is 6.54 Å². The third-order valence-corrected chi connectivity index (χ3v) is 3.50. The molecular weight excluding hydrogens is 250 g/mol. The fourth-order valence-corrected chi connectivity index (χ4v) is 2.08. The van der Waals surface area contributed by atoms with E-state index in [4.69, 9.17) is 0 Å². The van der Waals surface area contributed by atoms with E-state index in [1.165, 1.54) is 0 Å². The number of carbonyl (C=O) groups is 1. The van der Waals surface area contributed by atoms with Gasteiger partial charge in [0.25, 0.3) is 0 Å². The minimum absolute atomic E-state index is 0.120. The van der Waals surface area contributed by atoms with Gasteiger partial charge in [-0.1, -0.05) is 12.1 Å². The largest absolute Gasteiger partial charge is 0.345 e. The van der Waals surface area contributed by atoms with Gasteiger partial charge in [-0.3, -0.25) is 9.78 Å². The minimum Gasteiger partial charge on any atom is -0.345 e. The van der Waals surface area contributed by atoms with E-state index < -0.39 is 0 Å². The molecule has 1 aromatic heterocycles. The van der Waals surface area contributed by atoms with E-state index in [-0.39, 0.29) is 11.9 Å². The molecule has 0 spiro atoms. The Morgan fingerprint density at radius 2 is 2.20 bits per heavy atom. The average Bonchev–Trinajstić information content (AvgIpc) is 2.50. The van der Waals surface area contributed by atoms with Gasteiger partial charge in [-0.25, -0.2) is 0 Å². The lowest BCUT2D eigenvalue weighted by molar-refractivity contribution is -0.131. The molecule has 1 atom stereocenters. The number of likely N-dealkylation sites (N-methyl/N-ethyl adjacent to an activating group) is 1. The molecule has 0 saturated carbocycles. The Morgan fingerprint density at radius 3 is 2.95 bits per heavy atom. The van der Waals surface area contributed by atoms with Gasteiger partial charge in [0.05, 0.1) is 11.6 Å². The Kier molecular flexibility index (Phi) is 4.69. The summed E-state index contributed by atoms with van der Waals surface area (Å²) < 4.78 is 0. The molecule has 2 aromatic rings. The molecule has 0 saturated heterocycles. The van der Waals surface area contributed by atoms with E-state index >= 15 is 0 Å². The van der Waals surface area contributed by atoms with Crippen molar-refractivity contribution in [2.45, 2.75) is 26.4 Å². The van der Waals surface area contributed by atoms with Crippen molar-refractivity contribution in [3.8, 4) is 0 Å². The lowest BCUT2D eigenvalue weighted by Gasteiger charge is -2.20. The lowest BCUT2D eigenvalue weighted by atomic mass is 10.1. The quantitative estimate of drug-likeness (QED) is 0.906. The topological polar surface area (TPSA) is 45.2 Å². The number of hydrogen-bond acceptors (Lipinski definition) is 3. The van der Waals surface area contributed by atoms with Gasteiger partial charge >= 0.3 is 0 Å². The van der Waals surface area contributed by atoms with Crippen LogP contribution in [0.4, 0.5) is 0 Å². The molecule has 0 aliphatic heterocycles. The molecule has 1 N–H and O–H groups in total. The van der Waals surface area contributed by atoms with Gasteiger partial charge in [-0.15, -0.1) is 0 Å². The highest BCUT2D eigenvalue weighted by Crippen LogP contribution is 2.13. The first-order valence-electron chi connectivity index (χ1n) is 6.94. The molecule has 0 bridgehead atoms. The molecule has 0 radical (unpaired) electrons. The van der Waals surface area contributed by atoms with Crippen molar-refractivity contribution >= 4 is 16.8 Å². The summed E-state index contributed by atoms with van der Waals surface area (Å²) in [5.41, 5.74) is 2.15. The summed E-state index contributed by atoms with van der Waals surface area (Å²) in [7, 11) is 1.82. The highest BCUT2D eigenvalue weighted by Gasteiger charge is 2.15. The standard InChI is InChI=1S/C16H21N3O/c1-4-19(3)16(20)12(2)18-11-13-7-8-15-14(10-13)6-5-9-17-15/h5-10,12,18H,4,11H2,1-3H3. The summed E-state index contributed by atoms with van der Waals surface area (Å²) in [5.74, 6) is 0.120. The number of benzene rings is 1. The zero-order chi connectivity index (χ0) is 14.5. The third-order valence-electron chi connectivity index (χ3n) is 3.50. The van der Waals surface area contributed by atoms with Crippen LogP contribution in [0.1, 0.15) is 19.4 Å². The van der Waals surface area contributed by atoms with Crippen molar-refractivity contribution < 1.29 is 4.79 Å². The molecule has 4 heteroatoms. The summed E-state index contributed by atoms with van der Waals surface area (Å²) in [6.07, 6.45) is 1.79. The van der Waals surface area contributed by atoms with Crippen LogP contribution in [0.5, 0.6) is 0 Å². The van der Waals surface area contributed by atoms with Gasteiger partial charge in [-0.2, -0.15) is 0 Å². The molecule has 0 fully saturated rings. The molecule has 20 heavy (non-hydrogen) atoms. The molecule has 106 valence electrons. The normalized spacial score (nSPS) is 12.3. The second-order valence-electron chi connectivity index (χ2n) is 4.99. The summed E-state index contributed by atoms with van der Waals surface area (Å²) in [5, 5.41) is 4.39. The number of nitrogens with one attached hydrogen (secondary N) is 1. The number of aromatic nitrogens is 1. The van der Waals surface area contributed by atoms with Gasteiger partial charge in [-0.05, 0) is 37.6 Å². The van der Waals surface area contributed by atoms with Crippen LogP contribution in [0.3, 0.4) is 0 Å². The Bertz CT molecular complexity index is 597. The van der Waals surface area contributed by atoms with E-state index in [2.05, 4.69) is 16.4 Å². The molecule has 1 heterocycles. The predicted octanol–water partition coefficient (Wildman–Crippen LogP) is 2.19. The molecule has 0 aliphatic carbocycles. The van der Waals surface area contributed by atoms with Crippen LogP contribution in [-0.2, 0) is 11.3 Å². The van der Waals surface area contributed by atoms with Crippen LogP contribution in [0, 0.1) is 0 Å². The summed E-state index contributed by atoms with van der Waals surface area (Å²) in [6.45, 7) is 5.28. The van der Waals surface area contributed by atoms with Gasteiger partial charge in [0.1, 0.15) is 0 Å². The van der Waals surface area contributed by atoms with E-state index in [1.807, 2.05) is 45.2 Å². The highest BCUT2D eigenvalue weighted by molar-refractivity contribution is 5.81. The Hall–Kier alpha value is -1.94. The van der Waals surface area contributed by atoms with Crippen molar-refractivity contribution in [3.63, 3.8) is 0 Å². The maximum Gasteiger partial charge on any atom is 0.239 e. The average molecular weight is 271 g/mol. The number of carbonyl (C=O) groups excluding carboxylic acids is 1. The first-order chi connectivity index (χ1) is 9.61. The molecule has 4 nitrogen and oxygen atoms in total. The fourth-order valence-electron chi connectivity index (χ4n) is 2.08. The first kappa shape index (κ1) is 14.5. The molecule has 0 aliphatic rings. The number of pyridine rings is 1. The number of nitrogens with zero attached hydrogens (tertiary/aromatic N) is 2. The van der Waals surface area contributed by atoms with Crippen LogP contribution >= 0.6 is 0 Å². The predicted molar refractivity (Wildman–Crippen MR) is 81.4 cm³/mol. The number of amides is 1. The zero-order valence-electron chi connectivity index (χ0n) is 12.3. The van der Waals surface area contributed by atoms with Crippen molar-refractivity contribution in [2.75, 3.05) is 13.6 Å². The van der Waals surface area contributed by atoms with E-state index in [1.54, 1.807) is 11.1 Å². The van der Waals surface area contributed by atoms with Gasteiger partial charge in [0.2, 0.25) is 5.91 Å². The summed E-state index contributed by atoms with van der Waals surface area (Å²) in [4.78, 5) is 18.0. The maximum atomic E-state index is 12.0. The molecular formula is C16H21N3O. The smallest absolute Gasteiger partial charge is 0.239 e. The van der Waals surface area contributed by atoms with Crippen LogP contribution in [0.25, 0.3) is 10.9 Å². The van der Waals surface area contributed by atoms with Gasteiger partial charge in [0, 0.05) is 31.7 Å². The first-order valence-corrected chi connectivity index (χ1v) is 6.94. The van der Waals surface area contributed by atoms with Crippen LogP contribution in [-0.4, -0.2) is 35.4 Å². The van der Waals surface area contributed by atoms with Crippen molar-refractivity contribution in [1.82, 2.24) is 15.2 Å². The summed E-state index contributed by atoms with van der Waals surface area (Å²) >= 11 is 0.